The monoisotopic (exact) mass is 358 g/mol. The third-order valence-corrected chi connectivity index (χ3v) is 5.66. The first-order valence-corrected chi connectivity index (χ1v) is 9.83. The molecule has 1 aromatic rings. The Labute approximate surface area is 156 Å². The summed E-state index contributed by atoms with van der Waals surface area (Å²) in [6.07, 6.45) is 10.7. The zero-order chi connectivity index (χ0) is 18.3. The third kappa shape index (κ3) is 4.95. The molecule has 3 rings (SSSR count). The fourth-order valence-electron chi connectivity index (χ4n) is 4.14. The van der Waals surface area contributed by atoms with Crippen LogP contribution in [0.5, 0.6) is 0 Å². The molecule has 0 bridgehead atoms. The first-order chi connectivity index (χ1) is 12.7. The Balaban J connectivity index is 1.62. The van der Waals surface area contributed by atoms with Crippen molar-refractivity contribution >= 4 is 5.97 Å². The fourth-order valence-corrected chi connectivity index (χ4v) is 4.14. The van der Waals surface area contributed by atoms with Crippen molar-refractivity contribution in [2.75, 3.05) is 19.8 Å². The van der Waals surface area contributed by atoms with E-state index in [0.717, 1.165) is 44.9 Å². The summed E-state index contributed by atoms with van der Waals surface area (Å²) in [6, 6.07) is 10.6. The number of carbonyl (C=O) groups excluding carboxylic acids is 1. The van der Waals surface area contributed by atoms with Crippen LogP contribution in [0.15, 0.2) is 42.5 Å². The number of esters is 1. The number of rotatable bonds is 7. The van der Waals surface area contributed by atoms with E-state index in [9.17, 15) is 4.79 Å². The van der Waals surface area contributed by atoms with Crippen molar-refractivity contribution in [1.29, 1.82) is 0 Å². The second-order valence-corrected chi connectivity index (χ2v) is 7.39. The van der Waals surface area contributed by atoms with Crippen molar-refractivity contribution in [3.63, 3.8) is 0 Å². The average molecular weight is 358 g/mol. The highest BCUT2D eigenvalue weighted by molar-refractivity contribution is 5.82. The van der Waals surface area contributed by atoms with E-state index in [1.165, 1.54) is 5.56 Å². The number of aryl methyl sites for hydroxylation is 1. The molecule has 0 N–H and O–H groups in total. The molecule has 1 saturated carbocycles. The van der Waals surface area contributed by atoms with Crippen LogP contribution in [0.1, 0.15) is 51.0 Å². The van der Waals surface area contributed by atoms with Crippen LogP contribution in [0.3, 0.4) is 0 Å². The molecule has 1 aromatic carbocycles. The Morgan fingerprint density at radius 3 is 2.46 bits per heavy atom. The minimum absolute atomic E-state index is 0.0299. The third-order valence-electron chi connectivity index (χ3n) is 5.66. The maximum Gasteiger partial charge on any atom is 0.330 e. The lowest BCUT2D eigenvalue weighted by molar-refractivity contribution is -0.188. The molecule has 2 fully saturated rings. The lowest BCUT2D eigenvalue weighted by Gasteiger charge is -2.42. The van der Waals surface area contributed by atoms with Gasteiger partial charge in [0.2, 0.25) is 0 Å². The zero-order valence-electron chi connectivity index (χ0n) is 15.7. The summed E-state index contributed by atoms with van der Waals surface area (Å²) in [5.74, 6) is -0.621. The van der Waals surface area contributed by atoms with Crippen LogP contribution in [0.2, 0.25) is 0 Å². The molecular formula is C22H30O4. The van der Waals surface area contributed by atoms with Gasteiger partial charge < -0.3 is 14.2 Å². The molecule has 1 saturated heterocycles. The topological polar surface area (TPSA) is 44.8 Å². The highest BCUT2D eigenvalue weighted by Crippen LogP contribution is 2.48. The molecule has 142 valence electrons. The minimum Gasteiger partial charge on any atom is -0.463 e. The standard InChI is InChI=1S/C22H30O4/c1-2-24-20(23)10-12-21(11-6-9-19-7-4-3-5-8-19)13-15-22(16-14-21)25-17-18-26-22/h3-5,7-8,10,12H,2,6,9,11,13-18H2,1H3. The van der Waals surface area contributed by atoms with Gasteiger partial charge in [0.15, 0.2) is 5.79 Å². The van der Waals surface area contributed by atoms with Gasteiger partial charge in [-0.05, 0) is 50.0 Å². The smallest absolute Gasteiger partial charge is 0.330 e. The van der Waals surface area contributed by atoms with Gasteiger partial charge in [0.1, 0.15) is 0 Å². The summed E-state index contributed by atoms with van der Waals surface area (Å²) in [5.41, 5.74) is 1.40. The maximum absolute atomic E-state index is 11.8. The second kappa shape index (κ2) is 8.83. The Kier molecular flexibility index (Phi) is 6.49. The van der Waals surface area contributed by atoms with Gasteiger partial charge >= 0.3 is 5.97 Å². The molecule has 26 heavy (non-hydrogen) atoms. The molecule has 0 atom stereocenters. The number of ether oxygens (including phenoxy) is 3. The molecule has 2 aliphatic rings. The summed E-state index contributed by atoms with van der Waals surface area (Å²) in [4.78, 5) is 11.8. The molecular weight excluding hydrogens is 328 g/mol. The zero-order valence-corrected chi connectivity index (χ0v) is 15.7. The van der Waals surface area contributed by atoms with Gasteiger partial charge in [-0.3, -0.25) is 0 Å². The molecule has 1 heterocycles. The van der Waals surface area contributed by atoms with E-state index in [0.29, 0.717) is 19.8 Å². The lowest BCUT2D eigenvalue weighted by atomic mass is 9.68. The summed E-state index contributed by atoms with van der Waals surface area (Å²) < 4.78 is 16.8. The maximum atomic E-state index is 11.8. The van der Waals surface area contributed by atoms with Crippen molar-refractivity contribution in [3.8, 4) is 0 Å². The lowest BCUT2D eigenvalue weighted by Crippen LogP contribution is -2.39. The van der Waals surface area contributed by atoms with Crippen LogP contribution < -0.4 is 0 Å². The molecule has 0 aromatic heterocycles. The van der Waals surface area contributed by atoms with Crippen LogP contribution in [0, 0.1) is 5.41 Å². The van der Waals surface area contributed by atoms with Gasteiger partial charge in [-0.25, -0.2) is 4.79 Å². The molecule has 1 aliphatic carbocycles. The van der Waals surface area contributed by atoms with Crippen molar-refractivity contribution in [1.82, 2.24) is 0 Å². The van der Waals surface area contributed by atoms with Crippen LogP contribution in [0.25, 0.3) is 0 Å². The van der Waals surface area contributed by atoms with Gasteiger partial charge in [0.05, 0.1) is 19.8 Å². The predicted molar refractivity (Wildman–Crippen MR) is 101 cm³/mol. The van der Waals surface area contributed by atoms with E-state index in [1.807, 2.05) is 6.92 Å². The van der Waals surface area contributed by atoms with Gasteiger partial charge in [-0.15, -0.1) is 0 Å². The van der Waals surface area contributed by atoms with Crippen molar-refractivity contribution < 1.29 is 19.0 Å². The quantitative estimate of drug-likeness (QED) is 0.534. The summed E-state index contributed by atoms with van der Waals surface area (Å²) in [5, 5.41) is 0. The second-order valence-electron chi connectivity index (χ2n) is 7.39. The van der Waals surface area contributed by atoms with Crippen LogP contribution in [-0.4, -0.2) is 31.6 Å². The summed E-state index contributed by atoms with van der Waals surface area (Å²) in [6.45, 7) is 3.63. The molecule has 4 heteroatoms. The van der Waals surface area contributed by atoms with Gasteiger partial charge in [-0.2, -0.15) is 0 Å². The summed E-state index contributed by atoms with van der Waals surface area (Å²) >= 11 is 0. The first-order valence-electron chi connectivity index (χ1n) is 9.83. The van der Waals surface area contributed by atoms with Crippen LogP contribution in [0.4, 0.5) is 0 Å². The molecule has 0 radical (unpaired) electrons. The normalized spacial score (nSPS) is 21.3. The Hall–Kier alpha value is -1.65. The van der Waals surface area contributed by atoms with Gasteiger partial charge in [0.25, 0.3) is 0 Å². The number of carbonyl (C=O) groups is 1. The van der Waals surface area contributed by atoms with Crippen LogP contribution in [-0.2, 0) is 25.4 Å². The van der Waals surface area contributed by atoms with E-state index in [-0.39, 0.29) is 17.2 Å². The SMILES string of the molecule is CCOC(=O)C=CC1(CCCc2ccccc2)CCC2(CC1)OCCO2. The van der Waals surface area contributed by atoms with E-state index in [1.54, 1.807) is 6.08 Å². The molecule has 1 aliphatic heterocycles. The molecule has 0 amide bonds. The largest absolute Gasteiger partial charge is 0.463 e. The number of hydrogen-bond donors (Lipinski definition) is 0. The fraction of sp³-hybridized carbons (Fsp3) is 0.591. The number of allylic oxidation sites excluding steroid dienone is 1. The van der Waals surface area contributed by atoms with E-state index >= 15 is 0 Å². The van der Waals surface area contributed by atoms with E-state index < -0.39 is 0 Å². The van der Waals surface area contributed by atoms with Crippen molar-refractivity contribution in [3.05, 3.63) is 48.0 Å². The van der Waals surface area contributed by atoms with E-state index in [2.05, 4.69) is 36.4 Å². The molecule has 0 unspecified atom stereocenters. The highest BCUT2D eigenvalue weighted by Gasteiger charge is 2.45. The van der Waals surface area contributed by atoms with Crippen molar-refractivity contribution in [2.24, 2.45) is 5.41 Å². The van der Waals surface area contributed by atoms with Gasteiger partial charge in [0, 0.05) is 18.9 Å². The predicted octanol–water partition coefficient (Wildman–Crippen LogP) is 4.43. The molecule has 4 nitrogen and oxygen atoms in total. The number of hydrogen-bond acceptors (Lipinski definition) is 4. The highest BCUT2D eigenvalue weighted by atomic mass is 16.7. The summed E-state index contributed by atoms with van der Waals surface area (Å²) in [7, 11) is 0. The van der Waals surface area contributed by atoms with Crippen molar-refractivity contribution in [2.45, 2.75) is 57.7 Å². The first kappa shape index (κ1) is 19.1. The average Bonchev–Trinajstić information content (AvgIpc) is 3.12. The molecule has 1 spiro atoms. The number of benzene rings is 1. The Bertz CT molecular complexity index is 592. The van der Waals surface area contributed by atoms with E-state index in [4.69, 9.17) is 14.2 Å². The van der Waals surface area contributed by atoms with Gasteiger partial charge in [-0.1, -0.05) is 36.4 Å². The Morgan fingerprint density at radius 1 is 1.12 bits per heavy atom. The van der Waals surface area contributed by atoms with Crippen LogP contribution >= 0.6 is 0 Å². The Morgan fingerprint density at radius 2 is 1.81 bits per heavy atom. The minimum atomic E-state index is -0.374.